The van der Waals surface area contributed by atoms with Crippen LogP contribution in [0.5, 0.6) is 0 Å². The van der Waals surface area contributed by atoms with Crippen LogP contribution in [0.4, 0.5) is 26.3 Å². The van der Waals surface area contributed by atoms with Gasteiger partial charge in [-0.3, -0.25) is 14.4 Å². The number of hydrogen-bond donors (Lipinski definition) is 1. The Kier molecular flexibility index (Phi) is 9.46. The van der Waals surface area contributed by atoms with Crippen LogP contribution in [0.3, 0.4) is 0 Å². The molecule has 4 aromatic rings. The van der Waals surface area contributed by atoms with E-state index >= 15 is 0 Å². The molecule has 6 nitrogen and oxygen atoms in total. The summed E-state index contributed by atoms with van der Waals surface area (Å²) in [5, 5.41) is 3.54. The van der Waals surface area contributed by atoms with Crippen molar-refractivity contribution in [1.82, 2.24) is 10.2 Å². The Labute approximate surface area is 267 Å². The van der Waals surface area contributed by atoms with Gasteiger partial charge in [-0.05, 0) is 79.6 Å². The van der Waals surface area contributed by atoms with Crippen molar-refractivity contribution in [2.75, 3.05) is 12.8 Å². The molecule has 2 heterocycles. The van der Waals surface area contributed by atoms with Crippen molar-refractivity contribution in [2.45, 2.75) is 48.6 Å². The lowest BCUT2D eigenvalue weighted by molar-refractivity contribution is -0.143. The highest BCUT2D eigenvalue weighted by Gasteiger charge is 2.39. The number of nitrogens with zero attached hydrogens (tertiary/aromatic N) is 1. The van der Waals surface area contributed by atoms with Crippen molar-refractivity contribution >= 4 is 46.1 Å². The third-order valence-corrected chi connectivity index (χ3v) is 8.67. The molecule has 0 saturated carbocycles. The Morgan fingerprint density at radius 2 is 1.61 bits per heavy atom. The highest BCUT2D eigenvalue weighted by Crippen LogP contribution is 2.37. The zero-order valence-corrected chi connectivity index (χ0v) is 25.5. The molecule has 0 unspecified atom stereocenters. The molecule has 1 saturated heterocycles. The predicted molar refractivity (Wildman–Crippen MR) is 161 cm³/mol. The third-order valence-electron chi connectivity index (χ3n) is 7.69. The molecule has 2 amide bonds. The fourth-order valence-electron chi connectivity index (χ4n) is 5.41. The molecule has 0 aliphatic carbocycles. The van der Waals surface area contributed by atoms with Crippen molar-refractivity contribution in [3.63, 3.8) is 0 Å². The molecule has 0 radical (unpaired) electrons. The highest BCUT2D eigenvalue weighted by molar-refractivity contribution is 7.98. The maximum atomic E-state index is 13.6. The van der Waals surface area contributed by atoms with Crippen molar-refractivity contribution in [1.29, 1.82) is 0 Å². The van der Waals surface area contributed by atoms with Gasteiger partial charge < -0.3 is 14.6 Å². The predicted octanol–water partition coefficient (Wildman–Crippen LogP) is 7.85. The van der Waals surface area contributed by atoms with Crippen molar-refractivity contribution in [3.05, 3.63) is 110 Å². The number of thioether (sulfide) groups is 1. The second-order valence-electron chi connectivity index (χ2n) is 10.8. The first kappa shape index (κ1) is 33.4. The van der Waals surface area contributed by atoms with E-state index in [2.05, 4.69) is 5.32 Å². The number of piperidine rings is 1. The average Bonchev–Trinajstić information content (AvgIpc) is 3.00. The van der Waals surface area contributed by atoms with Gasteiger partial charge in [-0.2, -0.15) is 26.3 Å². The molecule has 0 bridgehead atoms. The number of carbonyl (C=O) groups is 2. The third kappa shape index (κ3) is 7.52. The van der Waals surface area contributed by atoms with Gasteiger partial charge in [-0.25, -0.2) is 0 Å². The van der Waals surface area contributed by atoms with E-state index < -0.39 is 58.4 Å². The number of hydrogen-bond acceptors (Lipinski definition) is 5. The first-order valence-corrected chi connectivity index (χ1v) is 15.5. The fourth-order valence-corrected chi connectivity index (χ4v) is 5.97. The van der Waals surface area contributed by atoms with E-state index in [-0.39, 0.29) is 43.2 Å². The minimum Gasteiger partial charge on any atom is -0.451 e. The Morgan fingerprint density at radius 3 is 2.22 bits per heavy atom. The van der Waals surface area contributed by atoms with Gasteiger partial charge in [0.2, 0.25) is 0 Å². The van der Waals surface area contributed by atoms with Crippen molar-refractivity contribution in [2.24, 2.45) is 0 Å². The van der Waals surface area contributed by atoms with Gasteiger partial charge in [-0.15, -0.1) is 11.8 Å². The van der Waals surface area contributed by atoms with Crippen LogP contribution >= 0.6 is 23.4 Å². The van der Waals surface area contributed by atoms with Crippen LogP contribution in [0, 0.1) is 0 Å². The maximum absolute atomic E-state index is 13.6. The van der Waals surface area contributed by atoms with Crippen LogP contribution in [0.15, 0.2) is 80.8 Å². The van der Waals surface area contributed by atoms with Gasteiger partial charge in [0.15, 0.2) is 11.2 Å². The van der Waals surface area contributed by atoms with E-state index in [1.807, 2.05) is 6.26 Å². The summed E-state index contributed by atoms with van der Waals surface area (Å²) in [7, 11) is 0. The van der Waals surface area contributed by atoms with Gasteiger partial charge in [0, 0.05) is 40.2 Å². The lowest BCUT2D eigenvalue weighted by atomic mass is 9.91. The number of benzene rings is 3. The van der Waals surface area contributed by atoms with Crippen molar-refractivity contribution in [3.8, 4) is 0 Å². The first-order chi connectivity index (χ1) is 21.6. The topological polar surface area (TPSA) is 79.6 Å². The first-order valence-electron chi connectivity index (χ1n) is 13.9. The maximum Gasteiger partial charge on any atom is 0.416 e. The molecule has 242 valence electrons. The van der Waals surface area contributed by atoms with Crippen LogP contribution in [0.2, 0.25) is 5.02 Å². The van der Waals surface area contributed by atoms with Crippen LogP contribution < -0.4 is 10.7 Å². The molecule has 1 aliphatic heterocycles. The summed E-state index contributed by atoms with van der Waals surface area (Å²) < 4.78 is 86.9. The van der Waals surface area contributed by atoms with E-state index in [4.69, 9.17) is 16.0 Å². The Balaban J connectivity index is 1.43. The van der Waals surface area contributed by atoms with E-state index in [0.29, 0.717) is 28.1 Å². The summed E-state index contributed by atoms with van der Waals surface area (Å²) in [4.78, 5) is 41.5. The number of alkyl halides is 6. The largest absolute Gasteiger partial charge is 0.451 e. The van der Waals surface area contributed by atoms with Crippen molar-refractivity contribution < 1.29 is 40.3 Å². The lowest BCUT2D eigenvalue weighted by Crippen LogP contribution is -2.52. The van der Waals surface area contributed by atoms with Gasteiger partial charge in [0.25, 0.3) is 11.8 Å². The lowest BCUT2D eigenvalue weighted by Gasteiger charge is -2.40. The molecule has 1 aliphatic rings. The number of amides is 2. The summed E-state index contributed by atoms with van der Waals surface area (Å²) >= 11 is 7.42. The standard InChI is InChI=1S/C32H25ClF6N2O4S/c1-46-24-6-7-25-26(42)16-28(45-27(25)15-24)29(43)40-22-8-9-41(23(14-22)10-17-2-4-21(33)5-3-17)30(44)18-11-19(31(34,35)36)13-20(12-18)32(37,38)39/h2-7,11-13,15-16,22-23H,8-10,14H2,1H3,(H,40,43)/t22-,23+/m0/s1. The SMILES string of the molecule is CSc1ccc2c(=O)cc(C(=O)N[C@H]3CCN(C(=O)c4cc(C(F)(F)F)cc(C(F)(F)F)c4)[C@H](Cc4ccc(Cl)cc4)C3)oc2c1. The molecule has 5 rings (SSSR count). The second kappa shape index (κ2) is 13.0. The van der Waals surface area contributed by atoms with Crippen LogP contribution in [0.1, 0.15) is 50.4 Å². The molecular formula is C32H25ClF6N2O4S. The summed E-state index contributed by atoms with van der Waals surface area (Å²) in [6.07, 6.45) is -7.98. The number of rotatable bonds is 6. The molecular weight excluding hydrogens is 658 g/mol. The van der Waals surface area contributed by atoms with E-state index in [9.17, 15) is 40.7 Å². The number of fused-ring (bicyclic) bond motifs is 1. The monoisotopic (exact) mass is 682 g/mol. The van der Waals surface area contributed by atoms with Gasteiger partial charge in [-0.1, -0.05) is 23.7 Å². The number of halogens is 7. The number of likely N-dealkylation sites (tertiary alicyclic amines) is 1. The number of nitrogens with one attached hydrogen (secondary N) is 1. The number of carbonyl (C=O) groups excluding carboxylic acids is 2. The van der Waals surface area contributed by atoms with E-state index in [1.54, 1.807) is 42.5 Å². The molecule has 46 heavy (non-hydrogen) atoms. The van der Waals surface area contributed by atoms with E-state index in [1.165, 1.54) is 16.7 Å². The normalized spacial score (nSPS) is 17.3. The second-order valence-corrected chi connectivity index (χ2v) is 12.1. The van der Waals surface area contributed by atoms with E-state index in [0.717, 1.165) is 11.0 Å². The van der Waals surface area contributed by atoms with Crippen LogP contribution in [-0.2, 0) is 18.8 Å². The van der Waals surface area contributed by atoms with Gasteiger partial charge in [0.05, 0.1) is 16.5 Å². The zero-order chi connectivity index (χ0) is 33.4. The van der Waals surface area contributed by atoms with Crippen LogP contribution in [0.25, 0.3) is 11.0 Å². The zero-order valence-electron chi connectivity index (χ0n) is 24.0. The Morgan fingerprint density at radius 1 is 0.957 bits per heavy atom. The van der Waals surface area contributed by atoms with Gasteiger partial charge in [0.1, 0.15) is 5.58 Å². The molecule has 14 heteroatoms. The summed E-state index contributed by atoms with van der Waals surface area (Å²) in [6, 6.07) is 12.2. The van der Waals surface area contributed by atoms with Gasteiger partial charge >= 0.3 is 12.4 Å². The summed E-state index contributed by atoms with van der Waals surface area (Å²) in [5.41, 5.74) is -3.44. The van der Waals surface area contributed by atoms with Crippen LogP contribution in [-0.4, -0.2) is 41.6 Å². The molecule has 3 aromatic carbocycles. The fraction of sp³-hybridized carbons (Fsp3) is 0.281. The molecule has 1 N–H and O–H groups in total. The Hall–Kier alpha value is -3.97. The quantitative estimate of drug-likeness (QED) is 0.166. The summed E-state index contributed by atoms with van der Waals surface area (Å²) in [6.45, 7) is -0.0849. The molecule has 2 atom stereocenters. The minimum absolute atomic E-state index is 0.0310. The summed E-state index contributed by atoms with van der Waals surface area (Å²) in [5.74, 6) is -1.92. The smallest absolute Gasteiger partial charge is 0.416 e. The Bertz CT molecular complexity index is 1810. The minimum atomic E-state index is -5.12. The molecule has 1 aromatic heterocycles. The highest BCUT2D eigenvalue weighted by atomic mass is 35.5. The molecule has 1 fully saturated rings. The average molecular weight is 683 g/mol. The molecule has 0 spiro atoms.